The SMILES string of the molecule is Cc1nocc2cnnc1-2. The van der Waals surface area contributed by atoms with Crippen molar-refractivity contribution in [2.45, 2.75) is 6.92 Å². The van der Waals surface area contributed by atoms with Crippen LogP contribution in [0.3, 0.4) is 0 Å². The largest absolute Gasteiger partial charge is 0.364 e. The molecule has 0 aromatic rings. The molecule has 0 bridgehead atoms. The third kappa shape index (κ3) is 0.586. The van der Waals surface area contributed by atoms with Gasteiger partial charge in [0.05, 0.1) is 11.8 Å². The minimum absolute atomic E-state index is 0.773. The second kappa shape index (κ2) is 1.76. The molecule has 0 amide bonds. The molecule has 0 N–H and O–H groups in total. The Bertz CT molecular complexity index is 317. The van der Waals surface area contributed by atoms with E-state index in [9.17, 15) is 0 Å². The van der Waals surface area contributed by atoms with Crippen molar-refractivity contribution in [1.29, 1.82) is 0 Å². The van der Waals surface area contributed by atoms with Crippen LogP contribution in [-0.4, -0.2) is 15.4 Å². The number of aromatic nitrogens is 3. The van der Waals surface area contributed by atoms with E-state index in [0.717, 1.165) is 17.0 Å². The molecule has 0 fully saturated rings. The van der Waals surface area contributed by atoms with Gasteiger partial charge in [0.1, 0.15) is 17.7 Å². The molecule has 0 saturated heterocycles. The molecule has 2 aliphatic rings. The molecule has 2 rings (SSSR count). The molecule has 4 heteroatoms. The van der Waals surface area contributed by atoms with Gasteiger partial charge in [-0.1, -0.05) is 5.16 Å². The summed E-state index contributed by atoms with van der Waals surface area (Å²) in [6.45, 7) is 1.83. The summed E-state index contributed by atoms with van der Waals surface area (Å²) in [6.07, 6.45) is 3.18. The third-order valence-electron chi connectivity index (χ3n) is 1.34. The molecule has 0 aromatic carbocycles. The summed E-state index contributed by atoms with van der Waals surface area (Å²) < 4.78 is 4.75. The molecule has 4 nitrogen and oxygen atoms in total. The second-order valence-electron chi connectivity index (χ2n) is 2.05. The predicted octanol–water partition coefficient (Wildman–Crippen LogP) is 0.878. The molecule has 0 spiro atoms. The van der Waals surface area contributed by atoms with Gasteiger partial charge in [-0.3, -0.25) is 0 Å². The van der Waals surface area contributed by atoms with Gasteiger partial charge in [-0.15, -0.1) is 5.10 Å². The van der Waals surface area contributed by atoms with E-state index in [1.54, 1.807) is 6.20 Å². The fraction of sp³-hybridized carbons (Fsp3) is 0.167. The Morgan fingerprint density at radius 2 is 2.40 bits per heavy atom. The lowest BCUT2D eigenvalue weighted by molar-refractivity contribution is 0.393. The summed E-state index contributed by atoms with van der Waals surface area (Å²) in [5.41, 5.74) is 2.48. The van der Waals surface area contributed by atoms with Crippen LogP contribution in [0.4, 0.5) is 0 Å². The highest BCUT2D eigenvalue weighted by Crippen LogP contribution is 2.18. The molecule has 2 heterocycles. The highest BCUT2D eigenvalue weighted by Gasteiger charge is 2.08. The number of hydrogen-bond donors (Lipinski definition) is 0. The van der Waals surface area contributed by atoms with Gasteiger partial charge in [0, 0.05) is 0 Å². The van der Waals surface area contributed by atoms with Crippen molar-refractivity contribution in [1.82, 2.24) is 15.4 Å². The highest BCUT2D eigenvalue weighted by atomic mass is 16.4. The van der Waals surface area contributed by atoms with Crippen LogP contribution in [0.5, 0.6) is 0 Å². The first kappa shape index (κ1) is 5.34. The van der Waals surface area contributed by atoms with Gasteiger partial charge in [0.25, 0.3) is 0 Å². The van der Waals surface area contributed by atoms with Crippen LogP contribution in [0.1, 0.15) is 5.69 Å². The zero-order valence-electron chi connectivity index (χ0n) is 5.40. The van der Waals surface area contributed by atoms with E-state index in [0.29, 0.717) is 0 Å². The zero-order valence-corrected chi connectivity index (χ0v) is 5.40. The number of nitrogens with zero attached hydrogens (tertiary/aromatic N) is 3. The van der Waals surface area contributed by atoms with Crippen molar-refractivity contribution in [3.63, 3.8) is 0 Å². The topological polar surface area (TPSA) is 51.8 Å². The van der Waals surface area contributed by atoms with E-state index in [2.05, 4.69) is 15.4 Å². The van der Waals surface area contributed by atoms with Crippen LogP contribution in [-0.2, 0) is 0 Å². The molecule has 50 valence electrons. The Kier molecular flexibility index (Phi) is 0.943. The van der Waals surface area contributed by atoms with E-state index in [-0.39, 0.29) is 0 Å². The third-order valence-corrected chi connectivity index (χ3v) is 1.34. The summed E-state index contributed by atoms with van der Waals surface area (Å²) in [5, 5.41) is 11.3. The average molecular weight is 135 g/mol. The summed E-state index contributed by atoms with van der Waals surface area (Å²) >= 11 is 0. The number of fused-ring (bicyclic) bond motifs is 1. The molecule has 0 atom stereocenters. The number of aryl methyl sites for hydroxylation is 1. The van der Waals surface area contributed by atoms with Crippen molar-refractivity contribution in [3.8, 4) is 11.3 Å². The normalized spacial score (nSPS) is 10.5. The molecular weight excluding hydrogens is 130 g/mol. The summed E-state index contributed by atoms with van der Waals surface area (Å²) in [4.78, 5) is 0. The highest BCUT2D eigenvalue weighted by molar-refractivity contribution is 5.58. The molecule has 0 saturated carbocycles. The average Bonchev–Trinajstić information content (AvgIpc) is 2.36. The van der Waals surface area contributed by atoms with E-state index in [4.69, 9.17) is 4.52 Å². The van der Waals surface area contributed by atoms with Crippen LogP contribution < -0.4 is 0 Å². The molecule has 0 aromatic heterocycles. The van der Waals surface area contributed by atoms with E-state index in [1.807, 2.05) is 6.92 Å². The first-order valence-corrected chi connectivity index (χ1v) is 2.90. The van der Waals surface area contributed by atoms with Crippen molar-refractivity contribution >= 4 is 0 Å². The maximum atomic E-state index is 4.75. The van der Waals surface area contributed by atoms with E-state index < -0.39 is 0 Å². The standard InChI is InChI=1S/C6H5N3O/c1-4-6-5(2-7-8-6)3-10-9-4/h2-3H,1H3. The van der Waals surface area contributed by atoms with Crippen molar-refractivity contribution in [2.24, 2.45) is 0 Å². The monoisotopic (exact) mass is 135 g/mol. The minimum Gasteiger partial charge on any atom is -0.364 e. The lowest BCUT2D eigenvalue weighted by Crippen LogP contribution is -1.85. The maximum absolute atomic E-state index is 4.75. The quantitative estimate of drug-likeness (QED) is 0.538. The van der Waals surface area contributed by atoms with Gasteiger partial charge < -0.3 is 4.52 Å². The Balaban J connectivity index is 2.80. The summed E-state index contributed by atoms with van der Waals surface area (Å²) in [5.74, 6) is 0. The van der Waals surface area contributed by atoms with Gasteiger partial charge >= 0.3 is 0 Å². The molecule has 0 aliphatic carbocycles. The van der Waals surface area contributed by atoms with Crippen molar-refractivity contribution in [3.05, 3.63) is 18.2 Å². The first-order valence-electron chi connectivity index (χ1n) is 2.90. The van der Waals surface area contributed by atoms with Gasteiger partial charge in [-0.25, -0.2) is 0 Å². The van der Waals surface area contributed by atoms with Gasteiger partial charge in [0.15, 0.2) is 0 Å². The number of rotatable bonds is 0. The molecular formula is C6H5N3O. The molecule has 0 unspecified atom stereocenters. The van der Waals surface area contributed by atoms with Gasteiger partial charge in [-0.2, -0.15) is 5.10 Å². The van der Waals surface area contributed by atoms with Gasteiger partial charge in [0.2, 0.25) is 0 Å². The number of hydrogen-bond acceptors (Lipinski definition) is 4. The fourth-order valence-electron chi connectivity index (χ4n) is 0.841. The first-order chi connectivity index (χ1) is 4.88. The Morgan fingerprint density at radius 1 is 1.50 bits per heavy atom. The van der Waals surface area contributed by atoms with Crippen LogP contribution >= 0.6 is 0 Å². The van der Waals surface area contributed by atoms with Crippen molar-refractivity contribution in [2.75, 3.05) is 0 Å². The fourth-order valence-corrected chi connectivity index (χ4v) is 0.841. The van der Waals surface area contributed by atoms with E-state index in [1.165, 1.54) is 6.26 Å². The van der Waals surface area contributed by atoms with Crippen LogP contribution in [0.25, 0.3) is 11.3 Å². The predicted molar refractivity (Wildman–Crippen MR) is 33.5 cm³/mol. The Morgan fingerprint density at radius 3 is 3.20 bits per heavy atom. The van der Waals surface area contributed by atoms with E-state index >= 15 is 0 Å². The Hall–Kier alpha value is -1.45. The van der Waals surface area contributed by atoms with Gasteiger partial charge in [-0.05, 0) is 6.92 Å². The maximum Gasteiger partial charge on any atom is 0.133 e. The molecule has 2 aliphatic heterocycles. The lowest BCUT2D eigenvalue weighted by Gasteiger charge is -1.93. The summed E-state index contributed by atoms with van der Waals surface area (Å²) in [6, 6.07) is 0. The van der Waals surface area contributed by atoms with Crippen LogP contribution in [0.15, 0.2) is 17.0 Å². The smallest absolute Gasteiger partial charge is 0.133 e. The van der Waals surface area contributed by atoms with Crippen LogP contribution in [0.2, 0.25) is 0 Å². The van der Waals surface area contributed by atoms with Crippen LogP contribution in [0, 0.1) is 6.92 Å². The Labute approximate surface area is 57.2 Å². The van der Waals surface area contributed by atoms with Crippen molar-refractivity contribution < 1.29 is 4.52 Å². The molecule has 0 radical (unpaired) electrons. The second-order valence-corrected chi connectivity index (χ2v) is 2.05. The molecule has 10 heavy (non-hydrogen) atoms. The minimum atomic E-state index is 0.773. The lowest BCUT2D eigenvalue weighted by atomic mass is 10.2. The summed E-state index contributed by atoms with van der Waals surface area (Å²) in [7, 11) is 0. The zero-order chi connectivity index (χ0) is 6.97.